The lowest BCUT2D eigenvalue weighted by Gasteiger charge is -2.12. The van der Waals surface area contributed by atoms with Crippen molar-refractivity contribution in [1.29, 1.82) is 5.26 Å². The highest BCUT2D eigenvalue weighted by Crippen LogP contribution is 2.11. The quantitative estimate of drug-likeness (QED) is 0.937. The molecule has 0 aliphatic rings. The molecule has 6 heteroatoms. The maximum absolute atomic E-state index is 13.8. The molecule has 0 atom stereocenters. The van der Waals surface area contributed by atoms with Crippen molar-refractivity contribution in [2.75, 3.05) is 5.32 Å². The number of nitriles is 1. The van der Waals surface area contributed by atoms with Crippen molar-refractivity contribution >= 4 is 5.82 Å². The van der Waals surface area contributed by atoms with E-state index in [0.29, 0.717) is 5.56 Å². The zero-order valence-corrected chi connectivity index (χ0v) is 11.8. The summed E-state index contributed by atoms with van der Waals surface area (Å²) in [5.41, 5.74) is 0.382. The summed E-state index contributed by atoms with van der Waals surface area (Å²) in [6.07, 6.45) is 3.14. The molecule has 5 nitrogen and oxygen atoms in total. The van der Waals surface area contributed by atoms with Crippen LogP contribution in [0.25, 0.3) is 0 Å². The Morgan fingerprint density at radius 2 is 2.24 bits per heavy atom. The molecule has 1 heterocycles. The summed E-state index contributed by atoms with van der Waals surface area (Å²) >= 11 is 0. The van der Waals surface area contributed by atoms with E-state index in [1.165, 1.54) is 24.4 Å². The Morgan fingerprint density at radius 3 is 2.86 bits per heavy atom. The third-order valence-electron chi connectivity index (χ3n) is 3.05. The summed E-state index contributed by atoms with van der Waals surface area (Å²) < 4.78 is 15.3. The third kappa shape index (κ3) is 3.26. The molecule has 0 aliphatic heterocycles. The third-order valence-corrected chi connectivity index (χ3v) is 3.05. The highest BCUT2D eigenvalue weighted by atomic mass is 19.1. The molecule has 0 radical (unpaired) electrons. The first-order valence-corrected chi connectivity index (χ1v) is 6.52. The second-order valence-corrected chi connectivity index (χ2v) is 4.85. The molecule has 0 amide bonds. The van der Waals surface area contributed by atoms with Crippen molar-refractivity contribution in [3.05, 3.63) is 57.9 Å². The number of nitrogens with one attached hydrogen (secondary N) is 1. The Morgan fingerprint density at radius 1 is 1.48 bits per heavy atom. The Bertz CT molecular complexity index is 746. The lowest BCUT2D eigenvalue weighted by Crippen LogP contribution is -2.25. The van der Waals surface area contributed by atoms with E-state index >= 15 is 0 Å². The minimum atomic E-state index is -0.485. The molecule has 21 heavy (non-hydrogen) atoms. The fraction of sp³-hybridized carbons (Fsp3) is 0.267. The van der Waals surface area contributed by atoms with Crippen LogP contribution >= 0.6 is 0 Å². The van der Waals surface area contributed by atoms with Gasteiger partial charge >= 0.3 is 0 Å². The van der Waals surface area contributed by atoms with Crippen LogP contribution in [0.5, 0.6) is 0 Å². The molecule has 1 aromatic carbocycles. The van der Waals surface area contributed by atoms with Crippen LogP contribution in [0.1, 0.15) is 31.0 Å². The van der Waals surface area contributed by atoms with E-state index in [9.17, 15) is 9.18 Å². The zero-order valence-electron chi connectivity index (χ0n) is 11.8. The van der Waals surface area contributed by atoms with Gasteiger partial charge in [0.1, 0.15) is 5.82 Å². The van der Waals surface area contributed by atoms with Crippen molar-refractivity contribution < 1.29 is 4.39 Å². The largest absolute Gasteiger partial charge is 0.361 e. The number of halogens is 1. The Labute approximate surface area is 121 Å². The van der Waals surface area contributed by atoms with Crippen LogP contribution in [0.2, 0.25) is 0 Å². The number of benzene rings is 1. The number of rotatable bonds is 4. The molecular formula is C15H15FN4O. The molecule has 0 bridgehead atoms. The summed E-state index contributed by atoms with van der Waals surface area (Å²) in [7, 11) is 0. The van der Waals surface area contributed by atoms with Crippen LogP contribution in [0.15, 0.2) is 35.4 Å². The van der Waals surface area contributed by atoms with Gasteiger partial charge in [0.25, 0.3) is 5.56 Å². The lowest BCUT2D eigenvalue weighted by atomic mass is 10.1. The molecule has 0 fully saturated rings. The number of anilines is 1. The fourth-order valence-corrected chi connectivity index (χ4v) is 1.89. The van der Waals surface area contributed by atoms with Crippen molar-refractivity contribution in [3.8, 4) is 6.07 Å². The summed E-state index contributed by atoms with van der Waals surface area (Å²) in [6.45, 7) is 3.92. The van der Waals surface area contributed by atoms with Crippen LogP contribution in [0, 0.1) is 17.1 Å². The number of hydrogen-bond donors (Lipinski definition) is 1. The Hall–Kier alpha value is -2.68. The molecular weight excluding hydrogens is 271 g/mol. The normalized spacial score (nSPS) is 10.4. The second-order valence-electron chi connectivity index (χ2n) is 4.85. The zero-order chi connectivity index (χ0) is 15.4. The van der Waals surface area contributed by atoms with Crippen LogP contribution in [0.4, 0.5) is 10.2 Å². The van der Waals surface area contributed by atoms with E-state index in [2.05, 4.69) is 10.3 Å². The van der Waals surface area contributed by atoms with Crippen LogP contribution < -0.4 is 10.9 Å². The molecule has 0 unspecified atom stereocenters. The summed E-state index contributed by atoms with van der Waals surface area (Å²) in [5.74, 6) is -0.309. The molecule has 1 aromatic heterocycles. The van der Waals surface area contributed by atoms with E-state index in [0.717, 1.165) is 0 Å². The smallest absolute Gasteiger partial charge is 0.293 e. The fourth-order valence-electron chi connectivity index (χ4n) is 1.89. The highest BCUT2D eigenvalue weighted by Gasteiger charge is 2.08. The minimum absolute atomic E-state index is 0.0210. The van der Waals surface area contributed by atoms with Gasteiger partial charge in [0.05, 0.1) is 11.6 Å². The molecule has 0 aliphatic carbocycles. The van der Waals surface area contributed by atoms with E-state index < -0.39 is 5.82 Å². The monoisotopic (exact) mass is 286 g/mol. The van der Waals surface area contributed by atoms with Gasteiger partial charge in [-0.3, -0.25) is 4.79 Å². The first kappa shape index (κ1) is 14.7. The van der Waals surface area contributed by atoms with Crippen molar-refractivity contribution in [2.24, 2.45) is 0 Å². The van der Waals surface area contributed by atoms with Crippen molar-refractivity contribution in [3.63, 3.8) is 0 Å². The highest BCUT2D eigenvalue weighted by molar-refractivity contribution is 5.36. The van der Waals surface area contributed by atoms with Gasteiger partial charge in [-0.05, 0) is 26.0 Å². The molecule has 2 aromatic rings. The molecule has 2 rings (SSSR count). The van der Waals surface area contributed by atoms with Gasteiger partial charge in [-0.1, -0.05) is 6.07 Å². The maximum atomic E-state index is 13.8. The SMILES string of the molecule is CC(C)n1ccnc(NCc2ccc(C#N)cc2F)c1=O. The molecule has 0 saturated carbocycles. The van der Waals surface area contributed by atoms with Crippen LogP contribution in [-0.2, 0) is 6.54 Å². The number of nitrogens with zero attached hydrogens (tertiary/aromatic N) is 3. The molecule has 0 spiro atoms. The summed E-state index contributed by atoms with van der Waals surface area (Å²) in [6, 6.07) is 6.11. The topological polar surface area (TPSA) is 70.7 Å². The van der Waals surface area contributed by atoms with Crippen molar-refractivity contribution in [1.82, 2.24) is 9.55 Å². The van der Waals surface area contributed by atoms with E-state index in [1.807, 2.05) is 19.9 Å². The van der Waals surface area contributed by atoms with Gasteiger partial charge < -0.3 is 9.88 Å². The van der Waals surface area contributed by atoms with Crippen molar-refractivity contribution in [2.45, 2.75) is 26.4 Å². The minimum Gasteiger partial charge on any atom is -0.361 e. The van der Waals surface area contributed by atoms with Gasteiger partial charge in [-0.15, -0.1) is 0 Å². The van der Waals surface area contributed by atoms with E-state index in [-0.39, 0.29) is 29.5 Å². The van der Waals surface area contributed by atoms with Gasteiger partial charge in [0.15, 0.2) is 5.82 Å². The van der Waals surface area contributed by atoms with Crippen LogP contribution in [0.3, 0.4) is 0 Å². The van der Waals surface area contributed by atoms with E-state index in [4.69, 9.17) is 5.26 Å². The maximum Gasteiger partial charge on any atom is 0.293 e. The first-order chi connectivity index (χ1) is 10.0. The van der Waals surface area contributed by atoms with Gasteiger partial charge in [-0.2, -0.15) is 5.26 Å². The van der Waals surface area contributed by atoms with Gasteiger partial charge in [0.2, 0.25) is 0 Å². The average molecular weight is 286 g/mol. The first-order valence-electron chi connectivity index (χ1n) is 6.52. The lowest BCUT2D eigenvalue weighted by molar-refractivity contribution is 0.574. The standard InChI is InChI=1S/C15H15FN4O/c1-10(2)20-6-5-18-14(15(20)21)19-9-12-4-3-11(8-17)7-13(12)16/h3-7,10H,9H2,1-2H3,(H,18,19). The van der Waals surface area contributed by atoms with E-state index in [1.54, 1.807) is 10.8 Å². The van der Waals surface area contributed by atoms with Crippen LogP contribution in [-0.4, -0.2) is 9.55 Å². The number of hydrogen-bond acceptors (Lipinski definition) is 4. The summed E-state index contributed by atoms with van der Waals surface area (Å²) in [5, 5.41) is 11.5. The Kier molecular flexibility index (Phi) is 4.33. The number of aromatic nitrogens is 2. The Balaban J connectivity index is 2.20. The second kappa shape index (κ2) is 6.18. The van der Waals surface area contributed by atoms with Gasteiger partial charge in [0, 0.05) is 30.5 Å². The summed E-state index contributed by atoms with van der Waals surface area (Å²) in [4.78, 5) is 16.1. The average Bonchev–Trinajstić information content (AvgIpc) is 2.46. The molecule has 0 saturated heterocycles. The predicted molar refractivity (Wildman–Crippen MR) is 77.3 cm³/mol. The molecule has 108 valence electrons. The predicted octanol–water partition coefficient (Wildman–Crippen LogP) is 2.45. The van der Waals surface area contributed by atoms with Gasteiger partial charge in [-0.25, -0.2) is 9.37 Å². The molecule has 1 N–H and O–H groups in total.